The maximum Gasteiger partial charge on any atom is 0.236 e. The lowest BCUT2D eigenvalue weighted by molar-refractivity contribution is -0.136. The molecule has 0 bridgehead atoms. The predicted molar refractivity (Wildman–Crippen MR) is 131 cm³/mol. The van der Waals surface area contributed by atoms with Gasteiger partial charge in [0.2, 0.25) is 11.8 Å². The molecule has 2 aromatic rings. The first-order valence-corrected chi connectivity index (χ1v) is 12.1. The van der Waals surface area contributed by atoms with E-state index in [1.807, 2.05) is 21.9 Å². The van der Waals surface area contributed by atoms with Crippen LogP contribution < -0.4 is 0 Å². The third kappa shape index (κ3) is 6.42. The zero-order valence-corrected chi connectivity index (χ0v) is 20.0. The van der Waals surface area contributed by atoms with Gasteiger partial charge in [-0.15, -0.1) is 0 Å². The molecule has 2 heterocycles. The van der Waals surface area contributed by atoms with E-state index in [0.29, 0.717) is 26.1 Å². The minimum atomic E-state index is 0.176. The number of nitrogens with zero attached hydrogens (tertiary/aromatic N) is 4. The van der Waals surface area contributed by atoms with Crippen molar-refractivity contribution in [3.8, 4) is 0 Å². The topological polar surface area (TPSA) is 47.1 Å². The summed E-state index contributed by atoms with van der Waals surface area (Å²) in [4.78, 5) is 34.1. The Hall–Kier alpha value is -2.70. The molecular formula is C27H36N4O2. The Balaban J connectivity index is 1.17. The lowest BCUT2D eigenvalue weighted by atomic mass is 10.1. The van der Waals surface area contributed by atoms with E-state index in [9.17, 15) is 9.59 Å². The molecule has 6 heteroatoms. The Morgan fingerprint density at radius 3 is 1.91 bits per heavy atom. The Kier molecular flexibility index (Phi) is 7.78. The molecule has 2 fully saturated rings. The lowest BCUT2D eigenvalue weighted by Gasteiger charge is -2.38. The number of aryl methyl sites for hydroxylation is 2. The summed E-state index contributed by atoms with van der Waals surface area (Å²) in [6.45, 7) is 12.0. The molecule has 2 saturated heterocycles. The van der Waals surface area contributed by atoms with Gasteiger partial charge in [-0.3, -0.25) is 19.4 Å². The lowest BCUT2D eigenvalue weighted by Crippen LogP contribution is -2.54. The number of piperazine rings is 2. The van der Waals surface area contributed by atoms with E-state index in [1.165, 1.54) is 16.7 Å². The first-order chi connectivity index (χ1) is 16.0. The molecule has 2 aliphatic heterocycles. The highest BCUT2D eigenvalue weighted by Gasteiger charge is 2.26. The average molecular weight is 449 g/mol. The normalized spacial score (nSPS) is 17.9. The van der Waals surface area contributed by atoms with Gasteiger partial charge in [0.05, 0.1) is 13.0 Å². The molecule has 0 unspecified atom stereocenters. The molecule has 6 nitrogen and oxygen atoms in total. The molecular weight excluding hydrogens is 412 g/mol. The molecule has 0 N–H and O–H groups in total. The highest BCUT2D eigenvalue weighted by molar-refractivity contribution is 5.79. The molecule has 0 aromatic heterocycles. The van der Waals surface area contributed by atoms with Gasteiger partial charge in [-0.2, -0.15) is 0 Å². The van der Waals surface area contributed by atoms with Gasteiger partial charge < -0.3 is 9.80 Å². The Morgan fingerprint density at radius 2 is 1.27 bits per heavy atom. The van der Waals surface area contributed by atoms with Gasteiger partial charge in [0.25, 0.3) is 0 Å². The van der Waals surface area contributed by atoms with Crippen LogP contribution in [0, 0.1) is 13.8 Å². The minimum absolute atomic E-state index is 0.176. The van der Waals surface area contributed by atoms with Crippen LogP contribution in [0.15, 0.2) is 48.5 Å². The van der Waals surface area contributed by atoms with Gasteiger partial charge in [0.1, 0.15) is 0 Å². The summed E-state index contributed by atoms with van der Waals surface area (Å²) in [5.74, 6) is 0.388. The van der Waals surface area contributed by atoms with Crippen LogP contribution >= 0.6 is 0 Å². The van der Waals surface area contributed by atoms with Crippen molar-refractivity contribution in [2.24, 2.45) is 0 Å². The van der Waals surface area contributed by atoms with E-state index in [2.05, 4.69) is 60.0 Å². The molecule has 2 aromatic carbocycles. The zero-order chi connectivity index (χ0) is 23.2. The van der Waals surface area contributed by atoms with Crippen molar-refractivity contribution in [1.29, 1.82) is 0 Å². The third-order valence-electron chi connectivity index (χ3n) is 6.94. The summed E-state index contributed by atoms with van der Waals surface area (Å²) in [5.41, 5.74) is 4.96. The van der Waals surface area contributed by atoms with Gasteiger partial charge in [-0.25, -0.2) is 0 Å². The number of hydrogen-bond acceptors (Lipinski definition) is 4. The van der Waals surface area contributed by atoms with Crippen molar-refractivity contribution in [3.63, 3.8) is 0 Å². The van der Waals surface area contributed by atoms with Crippen LogP contribution in [-0.2, 0) is 22.6 Å². The van der Waals surface area contributed by atoms with Gasteiger partial charge in [0.15, 0.2) is 0 Å². The minimum Gasteiger partial charge on any atom is -0.340 e. The van der Waals surface area contributed by atoms with Crippen molar-refractivity contribution in [3.05, 3.63) is 70.8 Å². The molecule has 2 amide bonds. The van der Waals surface area contributed by atoms with Crippen molar-refractivity contribution in [2.75, 3.05) is 58.9 Å². The van der Waals surface area contributed by atoms with Crippen LogP contribution in [-0.4, -0.2) is 90.3 Å². The van der Waals surface area contributed by atoms with E-state index in [4.69, 9.17) is 0 Å². The molecule has 0 saturated carbocycles. The predicted octanol–water partition coefficient (Wildman–Crippen LogP) is 2.33. The SMILES string of the molecule is Cc1ccc(CC(=O)N2CCN(CC(=O)N3CCN(Cc4ccccc4C)CC3)CC2)cc1. The second kappa shape index (κ2) is 10.9. The summed E-state index contributed by atoms with van der Waals surface area (Å²) < 4.78 is 0. The number of rotatable bonds is 6. The molecule has 176 valence electrons. The maximum absolute atomic E-state index is 12.9. The number of carbonyl (C=O) groups is 2. The monoisotopic (exact) mass is 448 g/mol. The molecule has 2 aliphatic rings. The largest absolute Gasteiger partial charge is 0.340 e. The number of hydrogen-bond donors (Lipinski definition) is 0. The molecule has 0 aliphatic carbocycles. The molecule has 0 atom stereocenters. The Morgan fingerprint density at radius 1 is 0.697 bits per heavy atom. The van der Waals surface area contributed by atoms with Crippen LogP contribution in [0.4, 0.5) is 0 Å². The van der Waals surface area contributed by atoms with Crippen LogP contribution in [0.5, 0.6) is 0 Å². The highest BCUT2D eigenvalue weighted by atomic mass is 16.2. The Labute approximate surface area is 197 Å². The van der Waals surface area contributed by atoms with Gasteiger partial charge in [-0.1, -0.05) is 54.1 Å². The number of carbonyl (C=O) groups excluding carboxylic acids is 2. The second-order valence-electron chi connectivity index (χ2n) is 9.40. The summed E-state index contributed by atoms with van der Waals surface area (Å²) in [7, 11) is 0. The van der Waals surface area contributed by atoms with E-state index in [-0.39, 0.29) is 11.8 Å². The fraction of sp³-hybridized carbons (Fsp3) is 0.481. The Bertz CT molecular complexity index is 943. The van der Waals surface area contributed by atoms with Crippen molar-refractivity contribution < 1.29 is 9.59 Å². The summed E-state index contributed by atoms with van der Waals surface area (Å²) in [5, 5.41) is 0. The first-order valence-electron chi connectivity index (χ1n) is 12.1. The van der Waals surface area contributed by atoms with Gasteiger partial charge in [0, 0.05) is 58.9 Å². The summed E-state index contributed by atoms with van der Waals surface area (Å²) >= 11 is 0. The summed E-state index contributed by atoms with van der Waals surface area (Å²) in [6.07, 6.45) is 0.450. The maximum atomic E-state index is 12.9. The van der Waals surface area contributed by atoms with Crippen LogP contribution in [0.2, 0.25) is 0 Å². The van der Waals surface area contributed by atoms with Gasteiger partial charge in [-0.05, 0) is 30.5 Å². The van der Waals surface area contributed by atoms with Crippen molar-refractivity contribution >= 4 is 11.8 Å². The van der Waals surface area contributed by atoms with Crippen molar-refractivity contribution in [1.82, 2.24) is 19.6 Å². The third-order valence-corrected chi connectivity index (χ3v) is 6.94. The smallest absolute Gasteiger partial charge is 0.236 e. The van der Waals surface area contributed by atoms with E-state index < -0.39 is 0 Å². The van der Waals surface area contributed by atoms with E-state index in [1.54, 1.807) is 0 Å². The number of benzene rings is 2. The molecule has 0 radical (unpaired) electrons. The second-order valence-corrected chi connectivity index (χ2v) is 9.40. The standard InChI is InChI=1S/C27H36N4O2/c1-22-7-9-24(10-8-22)19-26(32)30-15-13-29(14-16-30)21-27(33)31-17-11-28(12-18-31)20-25-6-4-3-5-23(25)2/h3-10H,11-21H2,1-2H3. The van der Waals surface area contributed by atoms with E-state index >= 15 is 0 Å². The highest BCUT2D eigenvalue weighted by Crippen LogP contribution is 2.13. The van der Waals surface area contributed by atoms with Gasteiger partial charge >= 0.3 is 0 Å². The zero-order valence-electron chi connectivity index (χ0n) is 20.0. The van der Waals surface area contributed by atoms with Crippen LogP contribution in [0.3, 0.4) is 0 Å². The average Bonchev–Trinajstić information content (AvgIpc) is 2.83. The fourth-order valence-corrected chi connectivity index (χ4v) is 4.62. The quantitative estimate of drug-likeness (QED) is 0.681. The summed E-state index contributed by atoms with van der Waals surface area (Å²) in [6, 6.07) is 16.7. The molecule has 33 heavy (non-hydrogen) atoms. The van der Waals surface area contributed by atoms with Crippen molar-refractivity contribution in [2.45, 2.75) is 26.8 Å². The van der Waals surface area contributed by atoms with Crippen LogP contribution in [0.25, 0.3) is 0 Å². The molecule has 4 rings (SSSR count). The number of amides is 2. The van der Waals surface area contributed by atoms with E-state index in [0.717, 1.165) is 51.4 Å². The first kappa shape index (κ1) is 23.5. The molecule has 0 spiro atoms. The fourth-order valence-electron chi connectivity index (χ4n) is 4.62. The van der Waals surface area contributed by atoms with Crippen LogP contribution in [0.1, 0.15) is 22.3 Å².